The van der Waals surface area contributed by atoms with Gasteiger partial charge in [-0.25, -0.2) is 0 Å². The minimum Gasteiger partial charge on any atom is -0.393 e. The van der Waals surface area contributed by atoms with Gasteiger partial charge in [-0.15, -0.1) is 0 Å². The molecule has 0 fully saturated rings. The normalized spacial score (nSPS) is 17.1. The quantitative estimate of drug-likeness (QED) is 0.472. The number of aliphatic hydroxyl groups is 1. The highest BCUT2D eigenvalue weighted by Gasteiger charge is 2.06. The SMILES string of the molecule is CC[C@@H](O)[C@@H](C)C=CC=O. The van der Waals surface area contributed by atoms with E-state index in [2.05, 4.69) is 0 Å². The van der Waals surface area contributed by atoms with Crippen molar-refractivity contribution in [2.45, 2.75) is 26.4 Å². The largest absolute Gasteiger partial charge is 0.393 e. The Morgan fingerprint density at radius 1 is 1.60 bits per heavy atom. The third-order valence-electron chi connectivity index (χ3n) is 1.52. The van der Waals surface area contributed by atoms with E-state index in [1.165, 1.54) is 6.08 Å². The molecule has 0 unspecified atom stereocenters. The number of aliphatic hydroxyl groups excluding tert-OH is 1. The predicted molar refractivity (Wildman–Crippen MR) is 40.7 cm³/mol. The second kappa shape index (κ2) is 5.18. The molecule has 10 heavy (non-hydrogen) atoms. The van der Waals surface area contributed by atoms with Crippen LogP contribution in [0.3, 0.4) is 0 Å². The summed E-state index contributed by atoms with van der Waals surface area (Å²) in [6, 6.07) is 0. The van der Waals surface area contributed by atoms with Crippen molar-refractivity contribution >= 4 is 6.29 Å². The van der Waals surface area contributed by atoms with Crippen LogP contribution in [0.25, 0.3) is 0 Å². The maximum Gasteiger partial charge on any atom is 0.142 e. The van der Waals surface area contributed by atoms with Gasteiger partial charge in [-0.2, -0.15) is 0 Å². The van der Waals surface area contributed by atoms with Crippen LogP contribution >= 0.6 is 0 Å². The van der Waals surface area contributed by atoms with Crippen molar-refractivity contribution in [3.8, 4) is 0 Å². The van der Waals surface area contributed by atoms with E-state index in [9.17, 15) is 9.90 Å². The standard InChI is InChI=1S/C8H14O2/c1-3-8(10)7(2)5-4-6-9/h4-8,10H,3H2,1-2H3/t7-,8+/m0/s1. The molecule has 2 atom stereocenters. The lowest BCUT2D eigenvalue weighted by Crippen LogP contribution is -2.13. The maximum absolute atomic E-state index is 9.85. The minimum absolute atomic E-state index is 0.0789. The summed E-state index contributed by atoms with van der Waals surface area (Å²) in [7, 11) is 0. The molecule has 0 bridgehead atoms. The van der Waals surface area contributed by atoms with Crippen LogP contribution in [0.15, 0.2) is 12.2 Å². The summed E-state index contributed by atoms with van der Waals surface area (Å²) in [5, 5.41) is 9.19. The van der Waals surface area contributed by atoms with Gasteiger partial charge < -0.3 is 5.11 Å². The van der Waals surface area contributed by atoms with Crippen molar-refractivity contribution in [2.75, 3.05) is 0 Å². The van der Waals surface area contributed by atoms with Gasteiger partial charge in [0, 0.05) is 5.92 Å². The minimum atomic E-state index is -0.323. The predicted octanol–water partition coefficient (Wildman–Crippen LogP) is 1.15. The van der Waals surface area contributed by atoms with Crippen molar-refractivity contribution in [3.63, 3.8) is 0 Å². The second-order valence-corrected chi connectivity index (χ2v) is 2.36. The summed E-state index contributed by atoms with van der Waals surface area (Å²) in [6.45, 7) is 3.80. The van der Waals surface area contributed by atoms with Gasteiger partial charge in [0.1, 0.15) is 6.29 Å². The van der Waals surface area contributed by atoms with Gasteiger partial charge in [0.15, 0.2) is 0 Å². The van der Waals surface area contributed by atoms with Crippen molar-refractivity contribution in [1.29, 1.82) is 0 Å². The number of allylic oxidation sites excluding steroid dienone is 1. The first-order valence-electron chi connectivity index (χ1n) is 3.52. The van der Waals surface area contributed by atoms with Crippen LogP contribution in [-0.2, 0) is 4.79 Å². The lowest BCUT2D eigenvalue weighted by Gasteiger charge is -2.11. The Kier molecular flexibility index (Phi) is 4.85. The van der Waals surface area contributed by atoms with Crippen molar-refractivity contribution in [1.82, 2.24) is 0 Å². The molecular weight excluding hydrogens is 128 g/mol. The van der Waals surface area contributed by atoms with E-state index < -0.39 is 0 Å². The van der Waals surface area contributed by atoms with E-state index in [1.54, 1.807) is 6.08 Å². The van der Waals surface area contributed by atoms with E-state index in [0.717, 1.165) is 12.7 Å². The molecule has 0 aliphatic rings. The van der Waals surface area contributed by atoms with Gasteiger partial charge in [0.2, 0.25) is 0 Å². The number of carbonyl (C=O) groups excluding carboxylic acids is 1. The number of hydrogen-bond donors (Lipinski definition) is 1. The van der Waals surface area contributed by atoms with Crippen LogP contribution in [-0.4, -0.2) is 17.5 Å². The van der Waals surface area contributed by atoms with Crippen LogP contribution in [0.5, 0.6) is 0 Å². The lowest BCUT2D eigenvalue weighted by atomic mass is 10.0. The Morgan fingerprint density at radius 3 is 2.60 bits per heavy atom. The van der Waals surface area contributed by atoms with Crippen LogP contribution in [0.4, 0.5) is 0 Å². The van der Waals surface area contributed by atoms with Gasteiger partial charge in [0.05, 0.1) is 6.10 Å². The van der Waals surface area contributed by atoms with Gasteiger partial charge in [-0.05, 0) is 12.5 Å². The van der Waals surface area contributed by atoms with E-state index >= 15 is 0 Å². The molecule has 0 heterocycles. The van der Waals surface area contributed by atoms with E-state index in [-0.39, 0.29) is 12.0 Å². The van der Waals surface area contributed by atoms with Gasteiger partial charge >= 0.3 is 0 Å². The summed E-state index contributed by atoms with van der Waals surface area (Å²) in [6.07, 6.45) is 4.25. The zero-order valence-electron chi connectivity index (χ0n) is 6.45. The zero-order valence-corrected chi connectivity index (χ0v) is 6.45. The molecule has 0 radical (unpaired) electrons. The Bertz CT molecular complexity index is 118. The summed E-state index contributed by atoms with van der Waals surface area (Å²) in [5.41, 5.74) is 0. The molecule has 0 spiro atoms. The average Bonchev–Trinajstić information content (AvgIpc) is 1.98. The van der Waals surface area contributed by atoms with E-state index in [0.29, 0.717) is 0 Å². The molecule has 1 N–H and O–H groups in total. The summed E-state index contributed by atoms with van der Waals surface area (Å²) in [5.74, 6) is 0.0789. The summed E-state index contributed by atoms with van der Waals surface area (Å²) in [4.78, 5) is 9.85. The second-order valence-electron chi connectivity index (χ2n) is 2.36. The van der Waals surface area contributed by atoms with Crippen LogP contribution in [0, 0.1) is 5.92 Å². The monoisotopic (exact) mass is 142 g/mol. The molecule has 58 valence electrons. The molecule has 2 heteroatoms. The fourth-order valence-corrected chi connectivity index (χ4v) is 0.721. The molecule has 2 nitrogen and oxygen atoms in total. The molecule has 0 aromatic heterocycles. The molecule has 0 aromatic rings. The number of aldehydes is 1. The molecule has 0 aliphatic heterocycles. The first-order chi connectivity index (χ1) is 4.72. The molecule has 0 saturated heterocycles. The Morgan fingerprint density at radius 2 is 2.20 bits per heavy atom. The van der Waals surface area contributed by atoms with Gasteiger partial charge in [-0.1, -0.05) is 19.9 Å². The van der Waals surface area contributed by atoms with Crippen LogP contribution in [0.1, 0.15) is 20.3 Å². The first-order valence-corrected chi connectivity index (χ1v) is 3.52. The molecule has 0 saturated carbocycles. The molecule has 0 aliphatic carbocycles. The smallest absolute Gasteiger partial charge is 0.142 e. The Balaban J connectivity index is 3.70. The topological polar surface area (TPSA) is 37.3 Å². The fraction of sp³-hybridized carbons (Fsp3) is 0.625. The lowest BCUT2D eigenvalue weighted by molar-refractivity contribution is -0.104. The third kappa shape index (κ3) is 3.41. The molecule has 0 aromatic carbocycles. The van der Waals surface area contributed by atoms with Crippen LogP contribution in [0.2, 0.25) is 0 Å². The zero-order chi connectivity index (χ0) is 7.98. The van der Waals surface area contributed by atoms with E-state index in [1.807, 2.05) is 13.8 Å². The maximum atomic E-state index is 9.85. The van der Waals surface area contributed by atoms with Gasteiger partial charge in [0.25, 0.3) is 0 Å². The highest BCUT2D eigenvalue weighted by molar-refractivity contribution is 5.64. The fourth-order valence-electron chi connectivity index (χ4n) is 0.721. The molecule has 0 amide bonds. The average molecular weight is 142 g/mol. The highest BCUT2D eigenvalue weighted by Crippen LogP contribution is 2.06. The van der Waals surface area contributed by atoms with Crippen molar-refractivity contribution in [2.24, 2.45) is 5.92 Å². The Labute approximate surface area is 61.6 Å². The highest BCUT2D eigenvalue weighted by atomic mass is 16.3. The first kappa shape index (κ1) is 9.37. The van der Waals surface area contributed by atoms with Crippen LogP contribution < -0.4 is 0 Å². The number of carbonyl (C=O) groups is 1. The number of rotatable bonds is 4. The molecule has 0 rings (SSSR count). The molecular formula is C8H14O2. The number of hydrogen-bond acceptors (Lipinski definition) is 2. The summed E-state index contributed by atoms with van der Waals surface area (Å²) < 4.78 is 0. The van der Waals surface area contributed by atoms with Crippen molar-refractivity contribution < 1.29 is 9.90 Å². The Hall–Kier alpha value is -0.630. The van der Waals surface area contributed by atoms with E-state index in [4.69, 9.17) is 0 Å². The third-order valence-corrected chi connectivity index (χ3v) is 1.52. The van der Waals surface area contributed by atoms with Crippen molar-refractivity contribution in [3.05, 3.63) is 12.2 Å². The summed E-state index contributed by atoms with van der Waals surface area (Å²) >= 11 is 0. The van der Waals surface area contributed by atoms with Gasteiger partial charge in [-0.3, -0.25) is 4.79 Å².